The smallest absolute Gasteiger partial charge is 0.146 e. The molecule has 0 atom stereocenters. The summed E-state index contributed by atoms with van der Waals surface area (Å²) < 4.78 is 6.53. The highest BCUT2D eigenvalue weighted by atomic mass is 79.9. The number of rotatable bonds is 2. The minimum absolute atomic E-state index is 0.691. The van der Waals surface area contributed by atoms with E-state index in [1.807, 2.05) is 31.2 Å². The molecule has 1 heterocycles. The molecule has 0 saturated carbocycles. The van der Waals surface area contributed by atoms with E-state index in [9.17, 15) is 0 Å². The molecule has 82 valence electrons. The number of nitrogens with zero attached hydrogens (tertiary/aromatic N) is 1. The first-order chi connectivity index (χ1) is 7.65. The van der Waals surface area contributed by atoms with Crippen molar-refractivity contribution < 1.29 is 4.74 Å². The third kappa shape index (κ3) is 2.74. The van der Waals surface area contributed by atoms with Gasteiger partial charge in [-0.25, -0.2) is 0 Å². The fourth-order valence-corrected chi connectivity index (χ4v) is 1.73. The van der Waals surface area contributed by atoms with Gasteiger partial charge in [-0.1, -0.05) is 11.6 Å². The molecule has 1 aromatic heterocycles. The van der Waals surface area contributed by atoms with Gasteiger partial charge in [0.1, 0.15) is 11.5 Å². The summed E-state index contributed by atoms with van der Waals surface area (Å²) in [6.07, 6.45) is 3.37. The second-order valence-electron chi connectivity index (χ2n) is 3.35. The van der Waals surface area contributed by atoms with Crippen LogP contribution in [0, 0.1) is 6.92 Å². The van der Waals surface area contributed by atoms with Crippen molar-refractivity contribution >= 4 is 27.5 Å². The number of hydrogen-bond acceptors (Lipinski definition) is 2. The van der Waals surface area contributed by atoms with Crippen LogP contribution in [0.3, 0.4) is 0 Å². The zero-order chi connectivity index (χ0) is 11.5. The van der Waals surface area contributed by atoms with Gasteiger partial charge in [0.05, 0.1) is 6.20 Å². The van der Waals surface area contributed by atoms with E-state index >= 15 is 0 Å². The molecule has 0 bridgehead atoms. The Balaban J connectivity index is 2.24. The third-order valence-corrected chi connectivity index (χ3v) is 2.90. The van der Waals surface area contributed by atoms with Gasteiger partial charge in [0.15, 0.2) is 0 Å². The maximum atomic E-state index is 5.93. The summed E-state index contributed by atoms with van der Waals surface area (Å²) in [6.45, 7) is 1.94. The number of hydrogen-bond donors (Lipinski definition) is 0. The van der Waals surface area contributed by atoms with Crippen LogP contribution in [0.5, 0.6) is 11.5 Å². The molecule has 0 radical (unpaired) electrons. The fourth-order valence-electron chi connectivity index (χ4n) is 1.26. The van der Waals surface area contributed by atoms with Crippen LogP contribution in [0.15, 0.2) is 41.1 Å². The van der Waals surface area contributed by atoms with Crippen LogP contribution in [0.2, 0.25) is 5.02 Å². The molecule has 1 aromatic carbocycles. The van der Waals surface area contributed by atoms with Crippen LogP contribution in [-0.2, 0) is 0 Å². The van der Waals surface area contributed by atoms with E-state index in [1.165, 1.54) is 0 Å². The Morgan fingerprint density at radius 1 is 1.19 bits per heavy atom. The van der Waals surface area contributed by atoms with Gasteiger partial charge in [0, 0.05) is 15.7 Å². The minimum atomic E-state index is 0.691. The van der Waals surface area contributed by atoms with Crippen molar-refractivity contribution in [1.29, 1.82) is 0 Å². The lowest BCUT2D eigenvalue weighted by Gasteiger charge is -2.06. The first-order valence-electron chi connectivity index (χ1n) is 4.70. The van der Waals surface area contributed by atoms with E-state index in [2.05, 4.69) is 20.9 Å². The van der Waals surface area contributed by atoms with Crippen LogP contribution in [0.25, 0.3) is 0 Å². The maximum absolute atomic E-state index is 5.93. The molecule has 2 nitrogen and oxygen atoms in total. The molecule has 0 saturated heterocycles. The Morgan fingerprint density at radius 2 is 2.00 bits per heavy atom. The van der Waals surface area contributed by atoms with Crippen molar-refractivity contribution in [3.05, 3.63) is 51.7 Å². The zero-order valence-electron chi connectivity index (χ0n) is 8.58. The molecule has 0 aliphatic heterocycles. The summed E-state index contributed by atoms with van der Waals surface area (Å²) in [7, 11) is 0. The summed E-state index contributed by atoms with van der Waals surface area (Å²) in [5.74, 6) is 1.44. The van der Waals surface area contributed by atoms with Crippen LogP contribution in [0.1, 0.15) is 5.56 Å². The van der Waals surface area contributed by atoms with Gasteiger partial charge in [0.2, 0.25) is 0 Å². The van der Waals surface area contributed by atoms with E-state index in [-0.39, 0.29) is 0 Å². The summed E-state index contributed by atoms with van der Waals surface area (Å²) in [6, 6.07) is 7.40. The zero-order valence-corrected chi connectivity index (χ0v) is 10.9. The third-order valence-electron chi connectivity index (χ3n) is 2.04. The summed E-state index contributed by atoms with van der Waals surface area (Å²) in [4.78, 5) is 4.02. The number of pyridine rings is 1. The SMILES string of the molecule is Cc1cc(Oc2cncc(Br)c2)ccc1Cl. The molecule has 0 spiro atoms. The van der Waals surface area contributed by atoms with Crippen LogP contribution >= 0.6 is 27.5 Å². The van der Waals surface area contributed by atoms with Crippen molar-refractivity contribution in [2.24, 2.45) is 0 Å². The van der Waals surface area contributed by atoms with Gasteiger partial charge in [0.25, 0.3) is 0 Å². The van der Waals surface area contributed by atoms with Gasteiger partial charge in [-0.3, -0.25) is 4.98 Å². The summed E-state index contributed by atoms with van der Waals surface area (Å²) in [5, 5.41) is 0.736. The minimum Gasteiger partial charge on any atom is -0.456 e. The molecule has 0 N–H and O–H groups in total. The largest absolute Gasteiger partial charge is 0.456 e. The molecule has 0 fully saturated rings. The first-order valence-corrected chi connectivity index (χ1v) is 5.87. The molecule has 2 rings (SSSR count). The Labute approximate surface area is 107 Å². The van der Waals surface area contributed by atoms with Crippen LogP contribution < -0.4 is 4.74 Å². The molecule has 4 heteroatoms. The van der Waals surface area contributed by atoms with Crippen molar-refractivity contribution in [2.75, 3.05) is 0 Å². The highest BCUT2D eigenvalue weighted by Crippen LogP contribution is 2.26. The van der Waals surface area contributed by atoms with Gasteiger partial charge in [-0.05, 0) is 52.7 Å². The predicted molar refractivity (Wildman–Crippen MR) is 68.2 cm³/mol. The molecular formula is C12H9BrClNO. The van der Waals surface area contributed by atoms with Crippen molar-refractivity contribution in [3.63, 3.8) is 0 Å². The Bertz CT molecular complexity index is 516. The number of aromatic nitrogens is 1. The Kier molecular flexibility index (Phi) is 3.46. The lowest BCUT2D eigenvalue weighted by molar-refractivity contribution is 0.479. The topological polar surface area (TPSA) is 22.1 Å². The first kappa shape index (κ1) is 11.4. The van der Waals surface area contributed by atoms with E-state index < -0.39 is 0 Å². The second-order valence-corrected chi connectivity index (χ2v) is 4.67. The number of ether oxygens (including phenoxy) is 1. The molecule has 0 aliphatic carbocycles. The summed E-state index contributed by atoms with van der Waals surface area (Å²) >= 11 is 9.27. The molecule has 16 heavy (non-hydrogen) atoms. The van der Waals surface area contributed by atoms with Gasteiger partial charge in [-0.15, -0.1) is 0 Å². The van der Waals surface area contributed by atoms with Crippen LogP contribution in [-0.4, -0.2) is 4.98 Å². The molecule has 0 amide bonds. The molecule has 2 aromatic rings. The average molecular weight is 299 g/mol. The lowest BCUT2D eigenvalue weighted by Crippen LogP contribution is -1.86. The quantitative estimate of drug-likeness (QED) is 0.808. The molecule has 0 aliphatic rings. The number of halogens is 2. The van der Waals surface area contributed by atoms with E-state index in [4.69, 9.17) is 16.3 Å². The monoisotopic (exact) mass is 297 g/mol. The predicted octanol–water partition coefficient (Wildman–Crippen LogP) is 4.60. The van der Waals surface area contributed by atoms with E-state index in [1.54, 1.807) is 12.4 Å². The lowest BCUT2D eigenvalue weighted by atomic mass is 10.2. The highest BCUT2D eigenvalue weighted by molar-refractivity contribution is 9.10. The number of benzene rings is 1. The Morgan fingerprint density at radius 3 is 2.69 bits per heavy atom. The Hall–Kier alpha value is -1.06. The second kappa shape index (κ2) is 4.85. The van der Waals surface area contributed by atoms with Gasteiger partial charge in [-0.2, -0.15) is 0 Å². The van der Waals surface area contributed by atoms with E-state index in [0.29, 0.717) is 5.75 Å². The standard InChI is InChI=1S/C12H9BrClNO/c1-8-4-10(2-3-12(8)14)16-11-5-9(13)6-15-7-11/h2-7H,1H3. The fraction of sp³-hybridized carbons (Fsp3) is 0.0833. The van der Waals surface area contributed by atoms with E-state index in [0.717, 1.165) is 20.8 Å². The van der Waals surface area contributed by atoms with Gasteiger partial charge >= 0.3 is 0 Å². The van der Waals surface area contributed by atoms with Crippen LogP contribution in [0.4, 0.5) is 0 Å². The molecular weight excluding hydrogens is 289 g/mol. The average Bonchev–Trinajstić information content (AvgIpc) is 2.24. The normalized spacial score (nSPS) is 10.2. The summed E-state index contributed by atoms with van der Waals surface area (Å²) in [5.41, 5.74) is 0.988. The molecule has 0 unspecified atom stereocenters. The number of aryl methyl sites for hydroxylation is 1. The van der Waals surface area contributed by atoms with Crippen molar-refractivity contribution in [2.45, 2.75) is 6.92 Å². The van der Waals surface area contributed by atoms with Crippen molar-refractivity contribution in [3.8, 4) is 11.5 Å². The van der Waals surface area contributed by atoms with Crippen molar-refractivity contribution in [1.82, 2.24) is 4.98 Å². The maximum Gasteiger partial charge on any atom is 0.146 e. The highest BCUT2D eigenvalue weighted by Gasteiger charge is 2.01. The van der Waals surface area contributed by atoms with Gasteiger partial charge < -0.3 is 4.74 Å².